The molecule has 0 bridgehead atoms. The summed E-state index contributed by atoms with van der Waals surface area (Å²) < 4.78 is 0. The van der Waals surface area contributed by atoms with Gasteiger partial charge in [0.05, 0.1) is 5.56 Å². The van der Waals surface area contributed by atoms with Gasteiger partial charge < -0.3 is 15.6 Å². The van der Waals surface area contributed by atoms with Crippen molar-refractivity contribution in [2.45, 2.75) is 27.2 Å². The van der Waals surface area contributed by atoms with E-state index in [4.69, 9.17) is 5.73 Å². The molecule has 0 radical (unpaired) electrons. The van der Waals surface area contributed by atoms with Crippen LogP contribution in [0.25, 0.3) is 10.9 Å². The molecule has 0 aliphatic carbocycles. The van der Waals surface area contributed by atoms with Crippen molar-refractivity contribution in [1.29, 1.82) is 0 Å². The van der Waals surface area contributed by atoms with E-state index in [1.807, 2.05) is 35.4 Å². The molecule has 2 aromatic rings. The van der Waals surface area contributed by atoms with E-state index in [9.17, 15) is 4.79 Å². The first-order valence-electron chi connectivity index (χ1n) is 7.54. The van der Waals surface area contributed by atoms with Crippen LogP contribution >= 0.6 is 0 Å². The van der Waals surface area contributed by atoms with Gasteiger partial charge in [0, 0.05) is 30.2 Å². The molecule has 2 rings (SSSR count). The molecule has 1 aromatic carbocycles. The van der Waals surface area contributed by atoms with Crippen molar-refractivity contribution < 1.29 is 4.79 Å². The maximum atomic E-state index is 12.9. The molecule has 1 heterocycles. The number of nitrogens with zero attached hydrogens (tertiary/aromatic N) is 1. The Balaban J connectivity index is 2.30. The predicted octanol–water partition coefficient (Wildman–Crippen LogP) is 3.01. The lowest BCUT2D eigenvalue weighted by Crippen LogP contribution is -2.42. The van der Waals surface area contributed by atoms with Gasteiger partial charge in [-0.25, -0.2) is 0 Å². The summed E-state index contributed by atoms with van der Waals surface area (Å²) in [6.45, 7) is 8.27. The third kappa shape index (κ3) is 3.45. The van der Waals surface area contributed by atoms with Crippen LogP contribution < -0.4 is 5.73 Å². The second-order valence-electron chi connectivity index (χ2n) is 6.34. The Morgan fingerprint density at radius 3 is 2.71 bits per heavy atom. The molecule has 0 atom stereocenters. The summed E-state index contributed by atoms with van der Waals surface area (Å²) in [5, 5.41) is 0.981. The summed E-state index contributed by atoms with van der Waals surface area (Å²) >= 11 is 0. The summed E-state index contributed by atoms with van der Waals surface area (Å²) in [7, 11) is 0. The summed E-state index contributed by atoms with van der Waals surface area (Å²) in [4.78, 5) is 18.0. The molecule has 0 aliphatic rings. The van der Waals surface area contributed by atoms with E-state index < -0.39 is 0 Å². The molecule has 0 saturated carbocycles. The summed E-state index contributed by atoms with van der Waals surface area (Å²) in [6.07, 6.45) is 2.75. The number of nitrogens with one attached hydrogen (secondary N) is 1. The van der Waals surface area contributed by atoms with E-state index in [0.29, 0.717) is 13.1 Å². The van der Waals surface area contributed by atoms with Gasteiger partial charge in [0.1, 0.15) is 0 Å². The minimum atomic E-state index is -0.0725. The Kier molecular flexibility index (Phi) is 4.68. The van der Waals surface area contributed by atoms with Crippen molar-refractivity contribution in [3.05, 3.63) is 36.0 Å². The van der Waals surface area contributed by atoms with Crippen molar-refractivity contribution >= 4 is 16.8 Å². The van der Waals surface area contributed by atoms with Crippen LogP contribution in [0.15, 0.2) is 30.5 Å². The number of nitrogens with two attached hydrogens (primary N) is 1. The molecule has 21 heavy (non-hydrogen) atoms. The second kappa shape index (κ2) is 6.31. The van der Waals surface area contributed by atoms with Crippen LogP contribution in [0.2, 0.25) is 0 Å². The van der Waals surface area contributed by atoms with Crippen LogP contribution in [0, 0.1) is 5.41 Å². The zero-order valence-electron chi connectivity index (χ0n) is 13.1. The van der Waals surface area contributed by atoms with Crippen LogP contribution in [0.1, 0.15) is 37.6 Å². The number of carbonyl (C=O) groups is 1. The topological polar surface area (TPSA) is 62.1 Å². The Morgan fingerprint density at radius 1 is 1.33 bits per heavy atom. The summed E-state index contributed by atoms with van der Waals surface area (Å²) in [5.41, 5.74) is 7.48. The average molecular weight is 287 g/mol. The van der Waals surface area contributed by atoms with E-state index in [1.165, 1.54) is 0 Å². The fraction of sp³-hybridized carbons (Fsp3) is 0.471. The van der Waals surface area contributed by atoms with Gasteiger partial charge in [-0.1, -0.05) is 39.0 Å². The highest BCUT2D eigenvalue weighted by atomic mass is 16.2. The minimum Gasteiger partial charge on any atom is -0.360 e. The molecule has 1 aromatic heterocycles. The molecule has 0 unspecified atom stereocenters. The standard InChI is InChI=1S/C17H25N3O/c1-4-9-20(12-17(2,3)11-18)16(21)14-10-19-15-8-6-5-7-13(14)15/h5-8,10,19H,4,9,11-12,18H2,1-3H3. The number of hydrogen-bond donors (Lipinski definition) is 2. The molecular weight excluding hydrogens is 262 g/mol. The van der Waals surface area contributed by atoms with E-state index >= 15 is 0 Å². The Hall–Kier alpha value is -1.81. The van der Waals surface area contributed by atoms with Crippen molar-refractivity contribution in [2.24, 2.45) is 11.1 Å². The van der Waals surface area contributed by atoms with Crippen LogP contribution in [0.5, 0.6) is 0 Å². The molecule has 0 saturated heterocycles. The molecule has 4 heteroatoms. The Morgan fingerprint density at radius 2 is 2.05 bits per heavy atom. The second-order valence-corrected chi connectivity index (χ2v) is 6.34. The van der Waals surface area contributed by atoms with Crippen molar-refractivity contribution in [3.8, 4) is 0 Å². The lowest BCUT2D eigenvalue weighted by Gasteiger charge is -2.31. The third-order valence-corrected chi connectivity index (χ3v) is 3.77. The van der Waals surface area contributed by atoms with Crippen molar-refractivity contribution in [3.63, 3.8) is 0 Å². The van der Waals surface area contributed by atoms with Crippen LogP contribution in [0.3, 0.4) is 0 Å². The van der Waals surface area contributed by atoms with Gasteiger partial charge in [0.25, 0.3) is 5.91 Å². The zero-order chi connectivity index (χ0) is 15.5. The molecule has 1 amide bonds. The fourth-order valence-electron chi connectivity index (χ4n) is 2.52. The zero-order valence-corrected chi connectivity index (χ0v) is 13.1. The number of benzene rings is 1. The highest BCUT2D eigenvalue weighted by Gasteiger charge is 2.25. The lowest BCUT2D eigenvalue weighted by atomic mass is 9.92. The number of fused-ring (bicyclic) bond motifs is 1. The van der Waals surface area contributed by atoms with Gasteiger partial charge in [0.2, 0.25) is 0 Å². The Bertz CT molecular complexity index is 615. The van der Waals surface area contributed by atoms with Crippen molar-refractivity contribution in [2.75, 3.05) is 19.6 Å². The van der Waals surface area contributed by atoms with E-state index in [-0.39, 0.29) is 11.3 Å². The van der Waals surface area contributed by atoms with Crippen LogP contribution in [0.4, 0.5) is 0 Å². The SMILES string of the molecule is CCCN(CC(C)(C)CN)C(=O)c1c[nH]c2ccccc12. The van der Waals surface area contributed by atoms with Crippen LogP contribution in [-0.2, 0) is 0 Å². The lowest BCUT2D eigenvalue weighted by molar-refractivity contribution is 0.0691. The Labute approximate surface area is 126 Å². The van der Waals surface area contributed by atoms with Gasteiger partial charge in [-0.05, 0) is 24.4 Å². The molecule has 0 fully saturated rings. The third-order valence-electron chi connectivity index (χ3n) is 3.77. The van der Waals surface area contributed by atoms with Gasteiger partial charge in [-0.15, -0.1) is 0 Å². The number of aromatic amines is 1. The number of rotatable bonds is 6. The first kappa shape index (κ1) is 15.6. The average Bonchev–Trinajstić information content (AvgIpc) is 2.90. The largest absolute Gasteiger partial charge is 0.360 e. The van der Waals surface area contributed by atoms with Gasteiger partial charge in [-0.2, -0.15) is 0 Å². The monoisotopic (exact) mass is 287 g/mol. The predicted molar refractivity (Wildman–Crippen MR) is 87.3 cm³/mol. The normalized spacial score (nSPS) is 11.8. The number of carbonyl (C=O) groups excluding carboxylic acids is 1. The summed E-state index contributed by atoms with van der Waals surface area (Å²) in [6, 6.07) is 7.90. The van der Waals surface area contributed by atoms with E-state index in [2.05, 4.69) is 25.8 Å². The number of para-hydroxylation sites is 1. The number of H-pyrrole nitrogens is 1. The number of aromatic nitrogens is 1. The van der Waals surface area contributed by atoms with Gasteiger partial charge in [0.15, 0.2) is 0 Å². The first-order valence-corrected chi connectivity index (χ1v) is 7.54. The molecule has 4 nitrogen and oxygen atoms in total. The molecular formula is C17H25N3O. The molecule has 0 aliphatic heterocycles. The minimum absolute atomic E-state index is 0.0725. The van der Waals surface area contributed by atoms with Gasteiger partial charge in [-0.3, -0.25) is 4.79 Å². The molecule has 0 spiro atoms. The molecule has 3 N–H and O–H groups in total. The van der Waals surface area contributed by atoms with Crippen molar-refractivity contribution in [1.82, 2.24) is 9.88 Å². The highest BCUT2D eigenvalue weighted by molar-refractivity contribution is 6.06. The van der Waals surface area contributed by atoms with E-state index in [1.54, 1.807) is 0 Å². The quantitative estimate of drug-likeness (QED) is 0.858. The number of hydrogen-bond acceptors (Lipinski definition) is 2. The van der Waals surface area contributed by atoms with Crippen LogP contribution in [-0.4, -0.2) is 35.4 Å². The van der Waals surface area contributed by atoms with Gasteiger partial charge >= 0.3 is 0 Å². The maximum Gasteiger partial charge on any atom is 0.256 e. The van der Waals surface area contributed by atoms with E-state index in [0.717, 1.165) is 29.4 Å². The first-order chi connectivity index (χ1) is 9.98. The fourth-order valence-corrected chi connectivity index (χ4v) is 2.52. The maximum absolute atomic E-state index is 12.9. The highest BCUT2D eigenvalue weighted by Crippen LogP contribution is 2.22. The smallest absolute Gasteiger partial charge is 0.256 e. The number of amides is 1. The molecule has 114 valence electrons. The summed E-state index contributed by atoms with van der Waals surface area (Å²) in [5.74, 6) is 0.0795.